The fourth-order valence-electron chi connectivity index (χ4n) is 3.80. The van der Waals surface area contributed by atoms with Gasteiger partial charge in [-0.1, -0.05) is 29.8 Å². The van der Waals surface area contributed by atoms with Gasteiger partial charge < -0.3 is 20.9 Å². The number of hydrogen-bond donors (Lipinski definition) is 3. The number of anilines is 4. The zero-order valence-electron chi connectivity index (χ0n) is 17.8. The molecule has 31 heavy (non-hydrogen) atoms. The van der Waals surface area contributed by atoms with E-state index in [4.69, 9.17) is 11.6 Å². The molecule has 1 saturated heterocycles. The number of hydrogen-bond acceptors (Lipinski definition) is 4. The van der Waals surface area contributed by atoms with Crippen molar-refractivity contribution in [2.75, 3.05) is 35.2 Å². The van der Waals surface area contributed by atoms with E-state index >= 15 is 0 Å². The minimum atomic E-state index is -0.161. The predicted molar refractivity (Wildman–Crippen MR) is 130 cm³/mol. The highest BCUT2D eigenvalue weighted by Gasteiger charge is 2.16. The lowest BCUT2D eigenvalue weighted by Gasteiger charge is -2.33. The average Bonchev–Trinajstić information content (AvgIpc) is 2.78. The van der Waals surface area contributed by atoms with Crippen molar-refractivity contribution in [2.24, 2.45) is 0 Å². The molecule has 0 aliphatic carbocycles. The molecular formula is C25H27ClN4O. The van der Waals surface area contributed by atoms with E-state index < -0.39 is 0 Å². The number of rotatable bonds is 5. The van der Waals surface area contributed by atoms with E-state index in [9.17, 15) is 4.79 Å². The van der Waals surface area contributed by atoms with Crippen molar-refractivity contribution in [3.63, 3.8) is 0 Å². The number of nitrogens with one attached hydrogen (secondary N) is 3. The maximum Gasteiger partial charge on any atom is 0.257 e. The summed E-state index contributed by atoms with van der Waals surface area (Å²) in [5.41, 5.74) is 5.06. The largest absolute Gasteiger partial charge is 0.369 e. The van der Waals surface area contributed by atoms with Gasteiger partial charge >= 0.3 is 0 Å². The molecule has 0 radical (unpaired) electrons. The first-order valence-corrected chi connectivity index (χ1v) is 10.9. The second-order valence-corrected chi connectivity index (χ2v) is 8.29. The zero-order chi connectivity index (χ0) is 21.8. The minimum Gasteiger partial charge on any atom is -0.369 e. The maximum absolute atomic E-state index is 13.0. The van der Waals surface area contributed by atoms with Gasteiger partial charge in [-0.2, -0.15) is 0 Å². The van der Waals surface area contributed by atoms with Crippen molar-refractivity contribution in [2.45, 2.75) is 19.9 Å². The first kappa shape index (κ1) is 21.2. The van der Waals surface area contributed by atoms with Crippen LogP contribution in [-0.2, 0) is 0 Å². The Morgan fingerprint density at radius 1 is 1.03 bits per heavy atom. The van der Waals surface area contributed by atoms with Crippen molar-refractivity contribution in [3.8, 4) is 0 Å². The smallest absolute Gasteiger partial charge is 0.257 e. The number of halogens is 1. The van der Waals surface area contributed by atoms with Crippen LogP contribution >= 0.6 is 11.6 Å². The summed E-state index contributed by atoms with van der Waals surface area (Å²) in [5, 5.41) is 10.5. The molecule has 6 heteroatoms. The molecule has 1 heterocycles. The van der Waals surface area contributed by atoms with Crippen molar-refractivity contribution in [3.05, 3.63) is 82.9 Å². The number of carbonyl (C=O) groups is 1. The van der Waals surface area contributed by atoms with E-state index in [-0.39, 0.29) is 5.91 Å². The topological polar surface area (TPSA) is 56.4 Å². The summed E-state index contributed by atoms with van der Waals surface area (Å²) in [6.45, 7) is 7.09. The second kappa shape index (κ2) is 9.41. The van der Waals surface area contributed by atoms with Gasteiger partial charge in [-0.3, -0.25) is 4.79 Å². The summed E-state index contributed by atoms with van der Waals surface area (Å²) in [7, 11) is 0. The van der Waals surface area contributed by atoms with Gasteiger partial charge in [-0.05, 0) is 67.9 Å². The molecule has 1 fully saturated rings. The predicted octanol–water partition coefficient (Wildman–Crippen LogP) is 5.44. The van der Waals surface area contributed by atoms with E-state index in [0.717, 1.165) is 42.3 Å². The molecular weight excluding hydrogens is 408 g/mol. The fourth-order valence-corrected chi connectivity index (χ4v) is 3.97. The molecule has 1 amide bonds. The SMILES string of the molecule is Cc1c(Cl)cccc1Nc1ccccc1C(=O)Nc1ccc(N2CCN[C@H](C)C2)cc1. The van der Waals surface area contributed by atoms with E-state index in [1.165, 1.54) is 5.69 Å². The van der Waals surface area contributed by atoms with Gasteiger partial charge in [0.2, 0.25) is 0 Å². The Balaban J connectivity index is 1.48. The molecule has 0 saturated carbocycles. The first-order chi connectivity index (χ1) is 15.0. The first-order valence-electron chi connectivity index (χ1n) is 10.5. The van der Waals surface area contributed by atoms with Gasteiger partial charge in [0, 0.05) is 47.8 Å². The number of benzene rings is 3. The van der Waals surface area contributed by atoms with Crippen LogP contribution in [0.1, 0.15) is 22.8 Å². The molecule has 0 spiro atoms. The molecule has 3 aromatic rings. The van der Waals surface area contributed by atoms with Gasteiger partial charge in [0.25, 0.3) is 5.91 Å². The number of para-hydroxylation sites is 1. The number of piperazine rings is 1. The van der Waals surface area contributed by atoms with Crippen molar-refractivity contribution < 1.29 is 4.79 Å². The lowest BCUT2D eigenvalue weighted by molar-refractivity contribution is 0.102. The van der Waals surface area contributed by atoms with E-state index in [2.05, 4.69) is 39.9 Å². The van der Waals surface area contributed by atoms with Crippen LogP contribution in [0, 0.1) is 6.92 Å². The minimum absolute atomic E-state index is 0.161. The highest BCUT2D eigenvalue weighted by atomic mass is 35.5. The monoisotopic (exact) mass is 434 g/mol. The van der Waals surface area contributed by atoms with E-state index in [0.29, 0.717) is 16.6 Å². The summed E-state index contributed by atoms with van der Waals surface area (Å²) in [6, 6.07) is 21.7. The van der Waals surface area contributed by atoms with Gasteiger partial charge in [0.1, 0.15) is 0 Å². The lowest BCUT2D eigenvalue weighted by atomic mass is 10.1. The summed E-state index contributed by atoms with van der Waals surface area (Å²) in [4.78, 5) is 15.4. The van der Waals surface area contributed by atoms with E-state index in [1.54, 1.807) is 0 Å². The molecule has 3 aromatic carbocycles. The Labute approximate surface area is 188 Å². The number of carbonyl (C=O) groups excluding carboxylic acids is 1. The Morgan fingerprint density at radius 3 is 2.55 bits per heavy atom. The fraction of sp³-hybridized carbons (Fsp3) is 0.240. The summed E-state index contributed by atoms with van der Waals surface area (Å²) < 4.78 is 0. The van der Waals surface area contributed by atoms with Gasteiger partial charge in [0.05, 0.1) is 11.3 Å². The highest BCUT2D eigenvalue weighted by molar-refractivity contribution is 6.31. The Hall–Kier alpha value is -3.02. The average molecular weight is 435 g/mol. The van der Waals surface area contributed by atoms with Crippen LogP contribution in [0.3, 0.4) is 0 Å². The molecule has 0 unspecified atom stereocenters. The van der Waals surface area contributed by atoms with Crippen molar-refractivity contribution in [1.82, 2.24) is 5.32 Å². The van der Waals surface area contributed by atoms with Gasteiger partial charge in [-0.25, -0.2) is 0 Å². The van der Waals surface area contributed by atoms with Gasteiger partial charge in [0.15, 0.2) is 0 Å². The Kier molecular flexibility index (Phi) is 6.44. The third-order valence-electron chi connectivity index (χ3n) is 5.57. The lowest BCUT2D eigenvalue weighted by Crippen LogP contribution is -2.49. The van der Waals surface area contributed by atoms with Crippen LogP contribution in [-0.4, -0.2) is 31.6 Å². The summed E-state index contributed by atoms with van der Waals surface area (Å²) in [5.74, 6) is -0.161. The van der Waals surface area contributed by atoms with Crippen molar-refractivity contribution in [1.29, 1.82) is 0 Å². The molecule has 160 valence electrons. The number of amides is 1. The Morgan fingerprint density at radius 2 is 1.77 bits per heavy atom. The molecule has 1 atom stereocenters. The van der Waals surface area contributed by atoms with Gasteiger partial charge in [-0.15, -0.1) is 0 Å². The normalized spacial score (nSPS) is 16.1. The van der Waals surface area contributed by atoms with Crippen molar-refractivity contribution >= 4 is 40.3 Å². The van der Waals surface area contributed by atoms with E-state index in [1.807, 2.05) is 61.5 Å². The third kappa shape index (κ3) is 5.01. The van der Waals surface area contributed by atoms with Crippen LogP contribution in [0.15, 0.2) is 66.7 Å². The van der Waals surface area contributed by atoms with Crippen LogP contribution in [0.5, 0.6) is 0 Å². The zero-order valence-corrected chi connectivity index (χ0v) is 18.5. The molecule has 3 N–H and O–H groups in total. The van der Waals surface area contributed by atoms with Crippen LogP contribution < -0.4 is 20.9 Å². The molecule has 1 aliphatic heterocycles. The van der Waals surface area contributed by atoms with Crippen LogP contribution in [0.4, 0.5) is 22.7 Å². The van der Waals surface area contributed by atoms with Crippen LogP contribution in [0.25, 0.3) is 0 Å². The maximum atomic E-state index is 13.0. The summed E-state index contributed by atoms with van der Waals surface area (Å²) in [6.07, 6.45) is 0. The quantitative estimate of drug-likeness (QED) is 0.500. The molecule has 5 nitrogen and oxygen atoms in total. The third-order valence-corrected chi connectivity index (χ3v) is 5.98. The molecule has 0 bridgehead atoms. The van der Waals surface area contributed by atoms with Crippen LogP contribution in [0.2, 0.25) is 5.02 Å². The molecule has 0 aromatic heterocycles. The highest BCUT2D eigenvalue weighted by Crippen LogP contribution is 2.28. The molecule has 1 aliphatic rings. The standard InChI is InChI=1S/C25H27ClN4O/c1-17-16-30(15-14-27-17)20-12-10-19(11-13-20)28-25(31)21-6-3-4-8-24(21)29-23-9-5-7-22(26)18(23)2/h3-13,17,27,29H,14-16H2,1-2H3,(H,28,31)/t17-/m1/s1. The summed E-state index contributed by atoms with van der Waals surface area (Å²) >= 11 is 6.24. The Bertz CT molecular complexity index is 1070. The number of nitrogens with zero attached hydrogens (tertiary/aromatic N) is 1. The molecule has 4 rings (SSSR count). The second-order valence-electron chi connectivity index (χ2n) is 7.89.